The summed E-state index contributed by atoms with van der Waals surface area (Å²) >= 11 is 3.35. The molecule has 1 aromatic rings. The Bertz CT molecular complexity index is 341. The van der Waals surface area contributed by atoms with Crippen LogP contribution in [0.15, 0.2) is 16.7 Å². The molecule has 0 aliphatic carbocycles. The molecule has 84 valence electrons. The number of nitrogen functional groups attached to an aromatic ring is 1. The van der Waals surface area contributed by atoms with Crippen LogP contribution in [0.2, 0.25) is 0 Å². The molecule has 0 bridgehead atoms. The van der Waals surface area contributed by atoms with E-state index in [0.717, 1.165) is 4.47 Å². The minimum Gasteiger partial charge on any atom is -0.397 e. The van der Waals surface area contributed by atoms with Gasteiger partial charge in [-0.3, -0.25) is 0 Å². The van der Waals surface area contributed by atoms with Gasteiger partial charge in [-0.1, -0.05) is 6.92 Å². The molecule has 0 spiro atoms. The van der Waals surface area contributed by atoms with E-state index in [0.29, 0.717) is 24.5 Å². The Morgan fingerprint density at radius 3 is 2.87 bits per heavy atom. The van der Waals surface area contributed by atoms with Crippen LogP contribution >= 0.6 is 15.9 Å². The largest absolute Gasteiger partial charge is 0.397 e. The van der Waals surface area contributed by atoms with Gasteiger partial charge in [0.25, 0.3) is 0 Å². The molecule has 0 fully saturated rings. The predicted molar refractivity (Wildman–Crippen MR) is 65.8 cm³/mol. The standard InChI is InChI=1S/C10H16BrN3O/c1-3-10(2,15)6-14-9-8(11)4-7(12)5-13-9/h4-5,15H,3,6,12H2,1-2H3,(H,13,14). The van der Waals surface area contributed by atoms with Gasteiger partial charge < -0.3 is 16.2 Å². The third kappa shape index (κ3) is 3.68. The second-order valence-electron chi connectivity index (χ2n) is 3.80. The summed E-state index contributed by atoms with van der Waals surface area (Å²) in [5.74, 6) is 0.693. The van der Waals surface area contributed by atoms with Crippen LogP contribution in [0.5, 0.6) is 0 Å². The van der Waals surface area contributed by atoms with Crippen molar-refractivity contribution in [2.45, 2.75) is 25.9 Å². The number of hydrogen-bond donors (Lipinski definition) is 3. The van der Waals surface area contributed by atoms with Gasteiger partial charge in [0.05, 0.1) is 22.0 Å². The van der Waals surface area contributed by atoms with Gasteiger partial charge in [0, 0.05) is 6.54 Å². The van der Waals surface area contributed by atoms with E-state index in [1.165, 1.54) is 0 Å². The maximum absolute atomic E-state index is 9.80. The SMILES string of the molecule is CCC(C)(O)CNc1ncc(N)cc1Br. The summed E-state index contributed by atoms with van der Waals surface area (Å²) in [4.78, 5) is 4.12. The van der Waals surface area contributed by atoms with Crippen molar-refractivity contribution in [3.8, 4) is 0 Å². The van der Waals surface area contributed by atoms with E-state index in [9.17, 15) is 5.11 Å². The van der Waals surface area contributed by atoms with E-state index >= 15 is 0 Å². The highest BCUT2D eigenvalue weighted by Gasteiger charge is 2.17. The molecule has 0 saturated carbocycles. The molecule has 15 heavy (non-hydrogen) atoms. The van der Waals surface area contributed by atoms with Gasteiger partial charge in [-0.2, -0.15) is 0 Å². The molecule has 1 aromatic heterocycles. The van der Waals surface area contributed by atoms with Crippen molar-refractivity contribution in [2.75, 3.05) is 17.6 Å². The first-order chi connectivity index (χ1) is 6.94. The molecule has 1 rings (SSSR count). The summed E-state index contributed by atoms with van der Waals surface area (Å²) in [6, 6.07) is 1.77. The van der Waals surface area contributed by atoms with Crippen LogP contribution in [0, 0.1) is 0 Å². The molecule has 0 radical (unpaired) electrons. The quantitative estimate of drug-likeness (QED) is 0.785. The highest BCUT2D eigenvalue weighted by molar-refractivity contribution is 9.10. The van der Waals surface area contributed by atoms with E-state index in [1.54, 1.807) is 19.2 Å². The van der Waals surface area contributed by atoms with E-state index in [2.05, 4.69) is 26.2 Å². The summed E-state index contributed by atoms with van der Waals surface area (Å²) in [6.45, 7) is 4.18. The molecule has 0 aliphatic heterocycles. The number of pyridine rings is 1. The average molecular weight is 274 g/mol. The smallest absolute Gasteiger partial charge is 0.140 e. The first kappa shape index (κ1) is 12.3. The minimum absolute atomic E-state index is 0.457. The molecule has 0 amide bonds. The molecule has 0 aliphatic rings. The Balaban J connectivity index is 2.66. The Morgan fingerprint density at radius 2 is 2.33 bits per heavy atom. The zero-order chi connectivity index (χ0) is 11.5. The third-order valence-corrected chi connectivity index (χ3v) is 2.87. The van der Waals surface area contributed by atoms with Crippen molar-refractivity contribution in [3.05, 3.63) is 16.7 Å². The van der Waals surface area contributed by atoms with E-state index in [4.69, 9.17) is 5.73 Å². The molecule has 0 aromatic carbocycles. The van der Waals surface area contributed by atoms with Crippen molar-refractivity contribution in [2.24, 2.45) is 0 Å². The highest BCUT2D eigenvalue weighted by atomic mass is 79.9. The van der Waals surface area contributed by atoms with Crippen molar-refractivity contribution >= 4 is 27.4 Å². The predicted octanol–water partition coefficient (Wildman–Crippen LogP) is 2.00. The maximum atomic E-state index is 9.80. The Kier molecular flexibility index (Phi) is 3.93. The molecular weight excluding hydrogens is 258 g/mol. The Hall–Kier alpha value is -0.810. The van der Waals surface area contributed by atoms with Gasteiger partial charge in [0.2, 0.25) is 0 Å². The highest BCUT2D eigenvalue weighted by Crippen LogP contribution is 2.22. The number of aliphatic hydroxyl groups is 1. The molecule has 1 heterocycles. The van der Waals surface area contributed by atoms with Crippen LogP contribution in [-0.2, 0) is 0 Å². The van der Waals surface area contributed by atoms with Crippen LogP contribution in [0.25, 0.3) is 0 Å². The van der Waals surface area contributed by atoms with Gasteiger partial charge in [0.1, 0.15) is 5.82 Å². The van der Waals surface area contributed by atoms with Crippen molar-refractivity contribution in [1.29, 1.82) is 0 Å². The average Bonchev–Trinajstić information content (AvgIpc) is 2.16. The summed E-state index contributed by atoms with van der Waals surface area (Å²) in [6.07, 6.45) is 2.26. The summed E-state index contributed by atoms with van der Waals surface area (Å²) in [5.41, 5.74) is 5.45. The number of aromatic nitrogens is 1. The minimum atomic E-state index is -0.720. The molecule has 4 nitrogen and oxygen atoms in total. The number of hydrogen-bond acceptors (Lipinski definition) is 4. The van der Waals surface area contributed by atoms with E-state index in [-0.39, 0.29) is 0 Å². The fraction of sp³-hybridized carbons (Fsp3) is 0.500. The topological polar surface area (TPSA) is 71.2 Å². The number of nitrogens with two attached hydrogens (primary N) is 1. The second kappa shape index (κ2) is 4.81. The lowest BCUT2D eigenvalue weighted by atomic mass is 10.0. The number of halogens is 1. The van der Waals surface area contributed by atoms with Gasteiger partial charge in [0.15, 0.2) is 0 Å². The van der Waals surface area contributed by atoms with Crippen molar-refractivity contribution in [3.63, 3.8) is 0 Å². The van der Waals surface area contributed by atoms with Crippen LogP contribution in [0.4, 0.5) is 11.5 Å². The lowest BCUT2D eigenvalue weighted by Gasteiger charge is -2.22. The van der Waals surface area contributed by atoms with Gasteiger partial charge in [-0.15, -0.1) is 0 Å². The summed E-state index contributed by atoms with van der Waals surface area (Å²) in [5, 5.41) is 12.9. The number of nitrogens with one attached hydrogen (secondary N) is 1. The molecule has 1 atom stereocenters. The number of rotatable bonds is 4. The monoisotopic (exact) mass is 273 g/mol. The zero-order valence-electron chi connectivity index (χ0n) is 8.92. The van der Waals surface area contributed by atoms with Crippen LogP contribution in [-0.4, -0.2) is 22.2 Å². The number of anilines is 2. The molecule has 5 heteroatoms. The van der Waals surface area contributed by atoms with Crippen LogP contribution < -0.4 is 11.1 Å². The Labute approximate surface area is 98.0 Å². The normalized spacial score (nSPS) is 14.7. The second-order valence-corrected chi connectivity index (χ2v) is 4.66. The fourth-order valence-electron chi connectivity index (χ4n) is 0.982. The molecule has 4 N–H and O–H groups in total. The van der Waals surface area contributed by atoms with Crippen LogP contribution in [0.3, 0.4) is 0 Å². The molecule has 1 unspecified atom stereocenters. The van der Waals surface area contributed by atoms with Crippen LogP contribution in [0.1, 0.15) is 20.3 Å². The zero-order valence-corrected chi connectivity index (χ0v) is 10.5. The first-order valence-corrected chi connectivity index (χ1v) is 5.61. The molecule has 0 saturated heterocycles. The molecular formula is C10H16BrN3O. The van der Waals surface area contributed by atoms with Gasteiger partial charge in [-0.05, 0) is 35.3 Å². The maximum Gasteiger partial charge on any atom is 0.140 e. The lowest BCUT2D eigenvalue weighted by molar-refractivity contribution is 0.0696. The Morgan fingerprint density at radius 1 is 1.67 bits per heavy atom. The van der Waals surface area contributed by atoms with Gasteiger partial charge >= 0.3 is 0 Å². The van der Waals surface area contributed by atoms with Crippen molar-refractivity contribution in [1.82, 2.24) is 4.98 Å². The summed E-state index contributed by atoms with van der Waals surface area (Å²) in [7, 11) is 0. The van der Waals surface area contributed by atoms with Crippen molar-refractivity contribution < 1.29 is 5.11 Å². The van der Waals surface area contributed by atoms with E-state index < -0.39 is 5.60 Å². The van der Waals surface area contributed by atoms with Gasteiger partial charge in [-0.25, -0.2) is 4.98 Å². The fourth-order valence-corrected chi connectivity index (χ4v) is 1.49. The first-order valence-electron chi connectivity index (χ1n) is 4.82. The van der Waals surface area contributed by atoms with E-state index in [1.807, 2.05) is 6.92 Å². The lowest BCUT2D eigenvalue weighted by Crippen LogP contribution is -2.32. The third-order valence-electron chi connectivity index (χ3n) is 2.26. The number of nitrogens with zero attached hydrogens (tertiary/aromatic N) is 1. The summed E-state index contributed by atoms with van der Waals surface area (Å²) < 4.78 is 0.800.